The van der Waals surface area contributed by atoms with Crippen LogP contribution in [0.1, 0.15) is 12.5 Å². The number of nitrogens with zero attached hydrogens (tertiary/aromatic N) is 2. The number of ether oxygens (including phenoxy) is 1. The van der Waals surface area contributed by atoms with Crippen LogP contribution in [0.15, 0.2) is 23.1 Å². The Morgan fingerprint density at radius 3 is 2.84 bits per heavy atom. The summed E-state index contributed by atoms with van der Waals surface area (Å²) in [6, 6.07) is 6.10. The summed E-state index contributed by atoms with van der Waals surface area (Å²) in [6.45, 7) is 1.73. The van der Waals surface area contributed by atoms with Gasteiger partial charge >= 0.3 is 5.97 Å². The summed E-state index contributed by atoms with van der Waals surface area (Å²) < 4.78 is 4.60. The molecular weight excluding hydrogens is 268 g/mol. The molecule has 0 radical (unpaired) electrons. The van der Waals surface area contributed by atoms with E-state index in [-0.39, 0.29) is 23.1 Å². The zero-order chi connectivity index (χ0) is 14.4. The zero-order valence-electron chi connectivity index (χ0n) is 10.5. The molecule has 0 N–H and O–H groups in total. The van der Waals surface area contributed by atoms with Crippen LogP contribution in [0.4, 0.5) is 5.69 Å². The van der Waals surface area contributed by atoms with Gasteiger partial charge in [-0.3, -0.25) is 14.9 Å². The summed E-state index contributed by atoms with van der Waals surface area (Å²) >= 11 is 1.35. The van der Waals surface area contributed by atoms with Crippen LogP contribution in [0.2, 0.25) is 0 Å². The van der Waals surface area contributed by atoms with E-state index in [0.29, 0.717) is 10.6 Å². The molecule has 1 rings (SSSR count). The van der Waals surface area contributed by atoms with Gasteiger partial charge in [-0.15, -0.1) is 11.8 Å². The SMILES string of the molecule is COC(=O)C(C)CSc1ccc([N+](=O)[O-])c(C#N)c1. The molecule has 0 aliphatic rings. The molecule has 0 aliphatic carbocycles. The van der Waals surface area contributed by atoms with Gasteiger partial charge in [-0.05, 0) is 12.1 Å². The van der Waals surface area contributed by atoms with Crippen molar-refractivity contribution in [2.45, 2.75) is 11.8 Å². The minimum absolute atomic E-state index is 0.0146. The molecule has 1 aromatic rings. The molecule has 7 heteroatoms. The number of rotatable bonds is 5. The molecule has 0 bridgehead atoms. The third-order valence-electron chi connectivity index (χ3n) is 2.39. The van der Waals surface area contributed by atoms with Crippen LogP contribution in [0.3, 0.4) is 0 Å². The number of nitro groups is 1. The minimum atomic E-state index is -0.593. The van der Waals surface area contributed by atoms with Crippen molar-refractivity contribution in [1.29, 1.82) is 5.26 Å². The average molecular weight is 280 g/mol. The standard InChI is InChI=1S/C12H12N2O4S/c1-8(12(15)18-2)7-19-10-3-4-11(14(16)17)9(5-10)6-13/h3-5,8H,7H2,1-2H3. The fourth-order valence-corrected chi connectivity index (χ4v) is 2.29. The number of thioether (sulfide) groups is 1. The van der Waals surface area contributed by atoms with Crippen molar-refractivity contribution in [1.82, 2.24) is 0 Å². The first-order valence-corrected chi connectivity index (χ1v) is 6.37. The fourth-order valence-electron chi connectivity index (χ4n) is 1.34. The zero-order valence-corrected chi connectivity index (χ0v) is 11.3. The van der Waals surface area contributed by atoms with Crippen molar-refractivity contribution in [3.05, 3.63) is 33.9 Å². The number of hydrogen-bond acceptors (Lipinski definition) is 6. The number of nitriles is 1. The van der Waals surface area contributed by atoms with Crippen molar-refractivity contribution in [2.24, 2.45) is 5.92 Å². The van der Waals surface area contributed by atoms with E-state index in [1.807, 2.05) is 0 Å². The van der Waals surface area contributed by atoms with Gasteiger partial charge in [0.25, 0.3) is 5.69 Å². The summed E-state index contributed by atoms with van der Waals surface area (Å²) in [6.07, 6.45) is 0. The van der Waals surface area contributed by atoms with Crippen molar-refractivity contribution < 1.29 is 14.5 Å². The predicted molar refractivity (Wildman–Crippen MR) is 69.7 cm³/mol. The lowest BCUT2D eigenvalue weighted by Crippen LogP contribution is -2.14. The monoisotopic (exact) mass is 280 g/mol. The van der Waals surface area contributed by atoms with Crippen LogP contribution in [0.5, 0.6) is 0 Å². The maximum atomic E-state index is 11.2. The normalized spacial score (nSPS) is 11.4. The van der Waals surface area contributed by atoms with E-state index in [0.717, 1.165) is 0 Å². The molecule has 0 saturated heterocycles. The van der Waals surface area contributed by atoms with Crippen molar-refractivity contribution in [2.75, 3.05) is 12.9 Å². The highest BCUT2D eigenvalue weighted by molar-refractivity contribution is 7.99. The summed E-state index contributed by atoms with van der Waals surface area (Å²) in [7, 11) is 1.32. The number of carbonyl (C=O) groups is 1. The Morgan fingerprint density at radius 2 is 2.32 bits per heavy atom. The van der Waals surface area contributed by atoms with Crippen LogP contribution < -0.4 is 0 Å². The highest BCUT2D eigenvalue weighted by Gasteiger charge is 2.16. The van der Waals surface area contributed by atoms with Gasteiger partial charge in [-0.25, -0.2) is 0 Å². The number of methoxy groups -OCH3 is 1. The third kappa shape index (κ3) is 3.96. The average Bonchev–Trinajstić information content (AvgIpc) is 2.43. The topological polar surface area (TPSA) is 93.2 Å². The van der Waals surface area contributed by atoms with Gasteiger partial charge in [0.05, 0.1) is 18.0 Å². The molecule has 0 saturated carbocycles. The van der Waals surface area contributed by atoms with Gasteiger partial charge in [-0.2, -0.15) is 5.26 Å². The molecule has 0 spiro atoms. The van der Waals surface area contributed by atoms with Crippen LogP contribution in [0.25, 0.3) is 0 Å². The molecular formula is C12H12N2O4S. The fraction of sp³-hybridized carbons (Fsp3) is 0.333. The van der Waals surface area contributed by atoms with E-state index < -0.39 is 4.92 Å². The van der Waals surface area contributed by atoms with E-state index in [1.54, 1.807) is 19.1 Å². The van der Waals surface area contributed by atoms with Crippen LogP contribution >= 0.6 is 11.8 Å². The largest absolute Gasteiger partial charge is 0.469 e. The summed E-state index contributed by atoms with van der Waals surface area (Å²) in [5, 5.41) is 19.5. The first kappa shape index (κ1) is 15.0. The minimum Gasteiger partial charge on any atom is -0.469 e. The Kier molecular flexibility index (Phi) is 5.33. The molecule has 0 fully saturated rings. The second-order valence-electron chi connectivity index (χ2n) is 3.78. The summed E-state index contributed by atoms with van der Waals surface area (Å²) in [5.41, 5.74) is -0.200. The molecule has 0 aromatic heterocycles. The van der Waals surface area contributed by atoms with Gasteiger partial charge in [0, 0.05) is 16.7 Å². The number of esters is 1. The maximum Gasteiger partial charge on any atom is 0.309 e. The molecule has 100 valence electrons. The summed E-state index contributed by atoms with van der Waals surface area (Å²) in [4.78, 5) is 22.0. The highest BCUT2D eigenvalue weighted by Crippen LogP contribution is 2.27. The molecule has 19 heavy (non-hydrogen) atoms. The molecule has 1 aromatic carbocycles. The number of hydrogen-bond donors (Lipinski definition) is 0. The van der Waals surface area contributed by atoms with Gasteiger partial charge < -0.3 is 4.74 Å². The van der Waals surface area contributed by atoms with E-state index in [1.165, 1.54) is 31.0 Å². The first-order valence-electron chi connectivity index (χ1n) is 5.38. The molecule has 0 heterocycles. The molecule has 1 atom stereocenters. The Hall–Kier alpha value is -2.07. The second kappa shape index (κ2) is 6.75. The smallest absolute Gasteiger partial charge is 0.309 e. The lowest BCUT2D eigenvalue weighted by Gasteiger charge is -2.08. The number of nitro benzene ring substituents is 1. The summed E-state index contributed by atoms with van der Waals surface area (Å²) in [5.74, 6) is -0.110. The second-order valence-corrected chi connectivity index (χ2v) is 4.88. The van der Waals surface area contributed by atoms with Crippen LogP contribution in [-0.4, -0.2) is 23.8 Å². The molecule has 6 nitrogen and oxygen atoms in total. The van der Waals surface area contributed by atoms with Crippen molar-refractivity contribution in [3.63, 3.8) is 0 Å². The van der Waals surface area contributed by atoms with Gasteiger partial charge in [0.1, 0.15) is 11.6 Å². The molecule has 0 aliphatic heterocycles. The van der Waals surface area contributed by atoms with Crippen molar-refractivity contribution in [3.8, 4) is 6.07 Å². The number of carbonyl (C=O) groups excluding carboxylic acids is 1. The highest BCUT2D eigenvalue weighted by atomic mass is 32.2. The predicted octanol–water partition coefficient (Wildman–Crippen LogP) is 2.37. The third-order valence-corrected chi connectivity index (χ3v) is 3.64. The molecule has 0 amide bonds. The lowest BCUT2D eigenvalue weighted by molar-refractivity contribution is -0.385. The Morgan fingerprint density at radius 1 is 1.63 bits per heavy atom. The van der Waals surface area contributed by atoms with Crippen LogP contribution in [-0.2, 0) is 9.53 Å². The Balaban J connectivity index is 2.79. The van der Waals surface area contributed by atoms with Gasteiger partial charge in [-0.1, -0.05) is 6.92 Å². The maximum absolute atomic E-state index is 11.2. The van der Waals surface area contributed by atoms with E-state index >= 15 is 0 Å². The van der Waals surface area contributed by atoms with Gasteiger partial charge in [0.2, 0.25) is 0 Å². The van der Waals surface area contributed by atoms with E-state index in [4.69, 9.17) is 5.26 Å². The van der Waals surface area contributed by atoms with E-state index in [2.05, 4.69) is 4.74 Å². The van der Waals surface area contributed by atoms with E-state index in [9.17, 15) is 14.9 Å². The number of benzene rings is 1. The lowest BCUT2D eigenvalue weighted by atomic mass is 10.2. The van der Waals surface area contributed by atoms with Crippen molar-refractivity contribution >= 4 is 23.4 Å². The Labute approximate surface area is 114 Å². The first-order chi connectivity index (χ1) is 8.99. The molecule has 1 unspecified atom stereocenters. The van der Waals surface area contributed by atoms with Gasteiger partial charge in [0.15, 0.2) is 0 Å². The van der Waals surface area contributed by atoms with Crippen LogP contribution in [0, 0.1) is 27.4 Å². The Bertz CT molecular complexity index is 539. The quantitative estimate of drug-likeness (QED) is 0.356.